The Balaban J connectivity index is 1.67. The number of hydrogen-bond donors (Lipinski definition) is 1. The quantitative estimate of drug-likeness (QED) is 0.875. The van der Waals surface area contributed by atoms with Crippen molar-refractivity contribution in [2.75, 3.05) is 13.7 Å². The maximum Gasteiger partial charge on any atom is 0.407 e. The first kappa shape index (κ1) is 17.5. The van der Waals surface area contributed by atoms with Crippen molar-refractivity contribution in [1.82, 2.24) is 15.1 Å². The van der Waals surface area contributed by atoms with Crippen LogP contribution >= 0.6 is 0 Å². The van der Waals surface area contributed by atoms with Gasteiger partial charge in [0.05, 0.1) is 25.4 Å². The molecule has 1 aliphatic carbocycles. The van der Waals surface area contributed by atoms with Crippen molar-refractivity contribution in [3.05, 3.63) is 53.3 Å². The SMILES string of the molecule is COCC(C)OC(=O)NC1CCCc2c1cnn2Cc1ccccc1. The van der Waals surface area contributed by atoms with Crippen LogP contribution in [0, 0.1) is 0 Å². The monoisotopic (exact) mass is 343 g/mol. The van der Waals surface area contributed by atoms with Crippen molar-refractivity contribution >= 4 is 6.09 Å². The molecule has 2 unspecified atom stereocenters. The summed E-state index contributed by atoms with van der Waals surface area (Å²) in [6, 6.07) is 10.2. The number of rotatable bonds is 6. The minimum Gasteiger partial charge on any atom is -0.444 e. The van der Waals surface area contributed by atoms with Crippen molar-refractivity contribution in [3.63, 3.8) is 0 Å². The van der Waals surface area contributed by atoms with Gasteiger partial charge in [-0.1, -0.05) is 30.3 Å². The highest BCUT2D eigenvalue weighted by Crippen LogP contribution is 2.30. The van der Waals surface area contributed by atoms with Crippen molar-refractivity contribution in [2.45, 2.75) is 44.9 Å². The highest BCUT2D eigenvalue weighted by molar-refractivity contribution is 5.68. The van der Waals surface area contributed by atoms with E-state index in [4.69, 9.17) is 9.47 Å². The van der Waals surface area contributed by atoms with Crippen molar-refractivity contribution < 1.29 is 14.3 Å². The van der Waals surface area contributed by atoms with Gasteiger partial charge in [0, 0.05) is 18.4 Å². The molecule has 1 aromatic heterocycles. The summed E-state index contributed by atoms with van der Waals surface area (Å²) in [6.45, 7) is 2.95. The maximum absolute atomic E-state index is 12.1. The number of nitrogens with zero attached hydrogens (tertiary/aromatic N) is 2. The van der Waals surface area contributed by atoms with Crippen LogP contribution in [0.1, 0.15) is 42.6 Å². The average molecular weight is 343 g/mol. The van der Waals surface area contributed by atoms with Gasteiger partial charge < -0.3 is 14.8 Å². The Labute approximate surface area is 148 Å². The summed E-state index contributed by atoms with van der Waals surface area (Å²) >= 11 is 0. The number of carbonyl (C=O) groups is 1. The van der Waals surface area contributed by atoms with Gasteiger partial charge in [-0.2, -0.15) is 5.10 Å². The van der Waals surface area contributed by atoms with Crippen LogP contribution in [0.4, 0.5) is 4.79 Å². The molecule has 25 heavy (non-hydrogen) atoms. The van der Waals surface area contributed by atoms with Crippen LogP contribution in [-0.4, -0.2) is 35.7 Å². The Morgan fingerprint density at radius 3 is 2.96 bits per heavy atom. The predicted octanol–water partition coefficient (Wildman–Crippen LogP) is 3.07. The van der Waals surface area contributed by atoms with Gasteiger partial charge in [0.2, 0.25) is 0 Å². The number of fused-ring (bicyclic) bond motifs is 1. The fourth-order valence-electron chi connectivity index (χ4n) is 3.29. The van der Waals surface area contributed by atoms with Gasteiger partial charge in [-0.3, -0.25) is 4.68 Å². The minimum absolute atomic E-state index is 0.0458. The molecule has 0 bridgehead atoms. The van der Waals surface area contributed by atoms with Crippen molar-refractivity contribution in [3.8, 4) is 0 Å². The Morgan fingerprint density at radius 1 is 1.40 bits per heavy atom. The minimum atomic E-state index is -0.404. The highest BCUT2D eigenvalue weighted by Gasteiger charge is 2.26. The fourth-order valence-corrected chi connectivity index (χ4v) is 3.29. The first-order chi connectivity index (χ1) is 12.2. The summed E-state index contributed by atoms with van der Waals surface area (Å²) in [4.78, 5) is 12.1. The molecule has 1 amide bonds. The zero-order valence-electron chi connectivity index (χ0n) is 14.8. The highest BCUT2D eigenvalue weighted by atomic mass is 16.6. The van der Waals surface area contributed by atoms with Crippen LogP contribution in [0.5, 0.6) is 0 Å². The molecular weight excluding hydrogens is 318 g/mol. The van der Waals surface area contributed by atoms with Crippen LogP contribution < -0.4 is 5.32 Å². The molecule has 2 atom stereocenters. The van der Waals surface area contributed by atoms with E-state index in [1.54, 1.807) is 7.11 Å². The number of aromatic nitrogens is 2. The number of benzene rings is 1. The molecule has 0 spiro atoms. The summed E-state index contributed by atoms with van der Waals surface area (Å²) in [5.41, 5.74) is 3.51. The molecule has 6 nitrogen and oxygen atoms in total. The molecule has 0 aliphatic heterocycles. The van der Waals surface area contributed by atoms with E-state index in [0.717, 1.165) is 31.4 Å². The lowest BCUT2D eigenvalue weighted by Gasteiger charge is -2.24. The zero-order chi connectivity index (χ0) is 17.6. The summed E-state index contributed by atoms with van der Waals surface area (Å²) in [5, 5.41) is 7.52. The van der Waals surface area contributed by atoms with Crippen LogP contribution in [0.15, 0.2) is 36.5 Å². The average Bonchev–Trinajstić information content (AvgIpc) is 3.00. The van der Waals surface area contributed by atoms with E-state index in [1.807, 2.05) is 36.0 Å². The van der Waals surface area contributed by atoms with E-state index >= 15 is 0 Å². The number of alkyl carbamates (subject to hydrolysis) is 1. The summed E-state index contributed by atoms with van der Waals surface area (Å²) in [7, 11) is 1.59. The molecule has 1 heterocycles. The third-order valence-corrected chi connectivity index (χ3v) is 4.44. The predicted molar refractivity (Wildman–Crippen MR) is 94.4 cm³/mol. The lowest BCUT2D eigenvalue weighted by atomic mass is 9.93. The molecule has 0 fully saturated rings. The maximum atomic E-state index is 12.1. The van der Waals surface area contributed by atoms with E-state index in [0.29, 0.717) is 6.61 Å². The second-order valence-electron chi connectivity index (χ2n) is 6.45. The van der Waals surface area contributed by atoms with Gasteiger partial charge in [-0.15, -0.1) is 0 Å². The first-order valence-corrected chi connectivity index (χ1v) is 8.72. The number of amides is 1. The molecule has 0 saturated carbocycles. The second-order valence-corrected chi connectivity index (χ2v) is 6.45. The van der Waals surface area contributed by atoms with E-state index in [9.17, 15) is 4.79 Å². The molecule has 1 N–H and O–H groups in total. The van der Waals surface area contributed by atoms with E-state index in [1.165, 1.54) is 11.3 Å². The third-order valence-electron chi connectivity index (χ3n) is 4.44. The fraction of sp³-hybridized carbons (Fsp3) is 0.474. The lowest BCUT2D eigenvalue weighted by Crippen LogP contribution is -2.34. The molecule has 3 rings (SSSR count). The van der Waals surface area contributed by atoms with Gasteiger partial charge >= 0.3 is 6.09 Å². The van der Waals surface area contributed by atoms with Gasteiger partial charge in [0.1, 0.15) is 6.10 Å². The first-order valence-electron chi connectivity index (χ1n) is 8.72. The molecule has 1 aromatic carbocycles. The smallest absolute Gasteiger partial charge is 0.407 e. The summed E-state index contributed by atoms with van der Waals surface area (Å²) in [5.74, 6) is 0. The van der Waals surface area contributed by atoms with Gasteiger partial charge in [0.15, 0.2) is 0 Å². The number of ether oxygens (including phenoxy) is 2. The number of hydrogen-bond acceptors (Lipinski definition) is 4. The number of carbonyl (C=O) groups excluding carboxylic acids is 1. The molecule has 2 aromatic rings. The van der Waals surface area contributed by atoms with Gasteiger partial charge in [-0.05, 0) is 31.7 Å². The summed E-state index contributed by atoms with van der Waals surface area (Å²) in [6.07, 6.45) is 4.10. The van der Waals surface area contributed by atoms with E-state index < -0.39 is 6.09 Å². The Morgan fingerprint density at radius 2 is 2.20 bits per heavy atom. The lowest BCUT2D eigenvalue weighted by molar-refractivity contribution is 0.0471. The number of nitrogens with one attached hydrogen (secondary N) is 1. The molecule has 6 heteroatoms. The molecular formula is C19H25N3O3. The van der Waals surface area contributed by atoms with Crippen LogP contribution in [0.25, 0.3) is 0 Å². The normalized spacial score (nSPS) is 17.6. The third kappa shape index (κ3) is 4.39. The topological polar surface area (TPSA) is 65.4 Å². The molecule has 134 valence electrons. The Kier molecular flexibility index (Phi) is 5.71. The second kappa shape index (κ2) is 8.16. The van der Waals surface area contributed by atoms with Gasteiger partial charge in [-0.25, -0.2) is 4.79 Å². The van der Waals surface area contributed by atoms with E-state index in [2.05, 4.69) is 22.5 Å². The largest absolute Gasteiger partial charge is 0.444 e. The van der Waals surface area contributed by atoms with Gasteiger partial charge in [0.25, 0.3) is 0 Å². The van der Waals surface area contributed by atoms with Crippen molar-refractivity contribution in [2.24, 2.45) is 0 Å². The molecule has 0 radical (unpaired) electrons. The van der Waals surface area contributed by atoms with E-state index in [-0.39, 0.29) is 12.1 Å². The number of methoxy groups -OCH3 is 1. The Hall–Kier alpha value is -2.34. The summed E-state index contributed by atoms with van der Waals surface area (Å²) < 4.78 is 12.3. The van der Waals surface area contributed by atoms with Crippen LogP contribution in [0.3, 0.4) is 0 Å². The van der Waals surface area contributed by atoms with Crippen molar-refractivity contribution in [1.29, 1.82) is 0 Å². The van der Waals surface area contributed by atoms with Crippen LogP contribution in [-0.2, 0) is 22.4 Å². The standard InChI is InChI=1S/C19H25N3O3/c1-14(13-24-2)25-19(23)21-17-9-6-10-18-16(17)11-20-22(18)12-15-7-4-3-5-8-15/h3-5,7-8,11,14,17H,6,9-10,12-13H2,1-2H3,(H,21,23). The van der Waals surface area contributed by atoms with Crippen LogP contribution in [0.2, 0.25) is 0 Å². The molecule has 0 saturated heterocycles. The molecule has 1 aliphatic rings. The Bertz CT molecular complexity index is 699. The zero-order valence-corrected chi connectivity index (χ0v) is 14.8.